The van der Waals surface area contributed by atoms with Crippen LogP contribution in [-0.2, 0) is 6.54 Å². The van der Waals surface area contributed by atoms with E-state index in [9.17, 15) is 0 Å². The van der Waals surface area contributed by atoms with E-state index in [-0.39, 0.29) is 0 Å². The molecule has 0 aliphatic carbocycles. The second kappa shape index (κ2) is 5.68. The van der Waals surface area contributed by atoms with Gasteiger partial charge in [-0.3, -0.25) is 9.98 Å². The van der Waals surface area contributed by atoms with Gasteiger partial charge in [0.15, 0.2) is 5.17 Å². The molecule has 1 atom stereocenters. The summed E-state index contributed by atoms with van der Waals surface area (Å²) in [6, 6.07) is 4.08. The Morgan fingerprint density at radius 1 is 1.50 bits per heavy atom. The largest absolute Gasteiger partial charge is 0.350 e. The van der Waals surface area contributed by atoms with Gasteiger partial charge in [0.05, 0.1) is 6.54 Å². The second-order valence-electron chi connectivity index (χ2n) is 3.73. The molecule has 0 fully saturated rings. The van der Waals surface area contributed by atoms with Crippen LogP contribution in [0.5, 0.6) is 0 Å². The van der Waals surface area contributed by atoms with Crippen molar-refractivity contribution in [3.05, 3.63) is 30.1 Å². The Balaban J connectivity index is 1.92. The fraction of sp³-hybridized carbons (Fsp3) is 0.455. The minimum absolute atomic E-state index is 0.592. The van der Waals surface area contributed by atoms with Crippen LogP contribution in [0, 0.1) is 0 Å². The van der Waals surface area contributed by atoms with E-state index < -0.39 is 0 Å². The predicted molar refractivity (Wildman–Crippen MR) is 73.2 cm³/mol. The van der Waals surface area contributed by atoms with Crippen LogP contribution < -0.4 is 0 Å². The van der Waals surface area contributed by atoms with Crippen molar-refractivity contribution in [1.29, 1.82) is 0 Å². The molecule has 5 heteroatoms. The van der Waals surface area contributed by atoms with Crippen LogP contribution in [0.1, 0.15) is 5.56 Å². The lowest BCUT2D eigenvalue weighted by molar-refractivity contribution is 0.510. The van der Waals surface area contributed by atoms with E-state index >= 15 is 0 Å². The number of rotatable bonds is 3. The molecule has 0 radical (unpaired) electrons. The first-order valence-electron chi connectivity index (χ1n) is 5.16. The molecule has 0 saturated carbocycles. The monoisotopic (exact) mass is 299 g/mol. The highest BCUT2D eigenvalue weighted by atomic mass is 79.9. The van der Waals surface area contributed by atoms with E-state index in [0.29, 0.717) is 5.25 Å². The maximum absolute atomic E-state index is 4.54. The van der Waals surface area contributed by atoms with Crippen molar-refractivity contribution in [2.24, 2.45) is 4.99 Å². The van der Waals surface area contributed by atoms with Crippen LogP contribution in [-0.4, -0.2) is 39.2 Å². The minimum Gasteiger partial charge on any atom is -0.350 e. The van der Waals surface area contributed by atoms with E-state index in [4.69, 9.17) is 0 Å². The molecule has 0 amide bonds. The second-order valence-corrected chi connectivity index (χ2v) is 5.64. The van der Waals surface area contributed by atoms with Gasteiger partial charge in [-0.05, 0) is 17.7 Å². The molecule has 0 saturated heterocycles. The molecule has 1 aromatic rings. The normalized spacial score (nSPS) is 19.6. The summed E-state index contributed by atoms with van der Waals surface area (Å²) in [4.78, 5) is 10.8. The summed E-state index contributed by atoms with van der Waals surface area (Å²) in [5.41, 5.74) is 1.27. The summed E-state index contributed by atoms with van der Waals surface area (Å²) >= 11 is 5.35. The number of hydrogen-bond donors (Lipinski definition) is 0. The lowest BCUT2D eigenvalue weighted by atomic mass is 10.2. The molecule has 1 aliphatic rings. The van der Waals surface area contributed by atoms with Crippen molar-refractivity contribution in [3.63, 3.8) is 0 Å². The van der Waals surface area contributed by atoms with Crippen LogP contribution in [0.15, 0.2) is 29.5 Å². The fourth-order valence-corrected chi connectivity index (χ4v) is 3.03. The number of alkyl halides is 1. The predicted octanol–water partition coefficient (Wildman–Crippen LogP) is 2.38. The molecule has 2 rings (SSSR count). The molecule has 2 heterocycles. The molecule has 16 heavy (non-hydrogen) atoms. The Bertz CT molecular complexity index is 369. The third-order valence-corrected chi connectivity index (χ3v) is 4.88. The number of amidine groups is 1. The summed E-state index contributed by atoms with van der Waals surface area (Å²) < 4.78 is 0. The van der Waals surface area contributed by atoms with Gasteiger partial charge in [0.2, 0.25) is 0 Å². The molecule has 1 aromatic heterocycles. The summed E-state index contributed by atoms with van der Waals surface area (Å²) in [6.45, 7) is 1.81. The van der Waals surface area contributed by atoms with Crippen LogP contribution in [0.25, 0.3) is 0 Å². The standard InChI is InChI=1S/C11H14BrN3S/c1-15(8-9-2-4-13-5-3-9)11-14-7-10(6-12)16-11/h2-5,10H,6-8H2,1H3. The Morgan fingerprint density at radius 3 is 2.88 bits per heavy atom. The van der Waals surface area contributed by atoms with E-state index in [1.807, 2.05) is 36.3 Å². The third-order valence-electron chi connectivity index (χ3n) is 2.37. The maximum atomic E-state index is 4.54. The highest BCUT2D eigenvalue weighted by Crippen LogP contribution is 2.24. The average molecular weight is 300 g/mol. The maximum Gasteiger partial charge on any atom is 0.159 e. The molecule has 1 aliphatic heterocycles. The molecule has 0 N–H and O–H groups in total. The lowest BCUT2D eigenvalue weighted by Gasteiger charge is -2.18. The van der Waals surface area contributed by atoms with E-state index in [1.54, 1.807) is 0 Å². The molecule has 0 spiro atoms. The number of pyridine rings is 1. The Labute approximate surface area is 108 Å². The van der Waals surface area contributed by atoms with E-state index in [0.717, 1.165) is 23.6 Å². The third kappa shape index (κ3) is 2.98. The summed E-state index contributed by atoms with van der Waals surface area (Å²) in [5, 5.41) is 2.74. The van der Waals surface area contributed by atoms with Gasteiger partial charge in [0.25, 0.3) is 0 Å². The molecular weight excluding hydrogens is 286 g/mol. The molecule has 3 nitrogen and oxygen atoms in total. The molecular formula is C11H14BrN3S. The van der Waals surface area contributed by atoms with Crippen LogP contribution in [0.2, 0.25) is 0 Å². The summed E-state index contributed by atoms with van der Waals surface area (Å²) in [5.74, 6) is 0. The van der Waals surface area contributed by atoms with Gasteiger partial charge in [0.1, 0.15) is 0 Å². The summed E-state index contributed by atoms with van der Waals surface area (Å²) in [6.07, 6.45) is 3.65. The number of thioether (sulfide) groups is 1. The first-order chi connectivity index (χ1) is 7.79. The zero-order chi connectivity index (χ0) is 11.4. The van der Waals surface area contributed by atoms with Gasteiger partial charge >= 0.3 is 0 Å². The van der Waals surface area contributed by atoms with Crippen molar-refractivity contribution < 1.29 is 0 Å². The first-order valence-corrected chi connectivity index (χ1v) is 7.17. The Kier molecular flexibility index (Phi) is 4.23. The van der Waals surface area contributed by atoms with Gasteiger partial charge in [-0.2, -0.15) is 0 Å². The number of aromatic nitrogens is 1. The van der Waals surface area contributed by atoms with Gasteiger partial charge < -0.3 is 4.90 Å². The molecule has 1 unspecified atom stereocenters. The topological polar surface area (TPSA) is 28.5 Å². The quantitative estimate of drug-likeness (QED) is 0.802. The number of nitrogens with zero attached hydrogens (tertiary/aromatic N) is 3. The van der Waals surface area contributed by atoms with Crippen molar-refractivity contribution in [2.45, 2.75) is 11.8 Å². The molecule has 0 aromatic carbocycles. The highest BCUT2D eigenvalue weighted by Gasteiger charge is 2.21. The van der Waals surface area contributed by atoms with E-state index in [1.165, 1.54) is 5.56 Å². The summed E-state index contributed by atoms with van der Waals surface area (Å²) in [7, 11) is 2.09. The SMILES string of the molecule is CN(Cc1ccncc1)C1=NCC(CBr)S1. The van der Waals surface area contributed by atoms with Crippen molar-refractivity contribution in [2.75, 3.05) is 18.9 Å². The van der Waals surface area contributed by atoms with E-state index in [2.05, 4.69) is 37.9 Å². The van der Waals surface area contributed by atoms with Gasteiger partial charge in [-0.1, -0.05) is 27.7 Å². The smallest absolute Gasteiger partial charge is 0.159 e. The highest BCUT2D eigenvalue weighted by molar-refractivity contribution is 9.09. The Hall–Kier alpha value is -0.550. The first kappa shape index (κ1) is 11.9. The van der Waals surface area contributed by atoms with Crippen molar-refractivity contribution in [1.82, 2.24) is 9.88 Å². The van der Waals surface area contributed by atoms with Gasteiger partial charge in [-0.25, -0.2) is 0 Å². The lowest BCUT2D eigenvalue weighted by Crippen LogP contribution is -2.22. The number of hydrogen-bond acceptors (Lipinski definition) is 4. The number of halogens is 1. The van der Waals surface area contributed by atoms with Crippen LogP contribution in [0.3, 0.4) is 0 Å². The van der Waals surface area contributed by atoms with Crippen LogP contribution >= 0.6 is 27.7 Å². The average Bonchev–Trinajstić information content (AvgIpc) is 2.79. The van der Waals surface area contributed by atoms with Crippen molar-refractivity contribution >= 4 is 32.9 Å². The fourth-order valence-electron chi connectivity index (χ4n) is 1.52. The zero-order valence-corrected chi connectivity index (χ0v) is 11.5. The van der Waals surface area contributed by atoms with Crippen molar-refractivity contribution in [3.8, 4) is 0 Å². The zero-order valence-electron chi connectivity index (χ0n) is 9.14. The molecule has 0 bridgehead atoms. The minimum atomic E-state index is 0.592. The Morgan fingerprint density at radius 2 is 2.25 bits per heavy atom. The van der Waals surface area contributed by atoms with Crippen LogP contribution in [0.4, 0.5) is 0 Å². The number of aliphatic imine (C=N–C) groups is 1. The molecule has 86 valence electrons. The van der Waals surface area contributed by atoms with Gasteiger partial charge in [0, 0.05) is 36.6 Å². The van der Waals surface area contributed by atoms with Gasteiger partial charge in [-0.15, -0.1) is 0 Å².